The molecule has 3 rings (SSSR count). The highest BCUT2D eigenvalue weighted by Crippen LogP contribution is 2.28. The highest BCUT2D eigenvalue weighted by Gasteiger charge is 2.23. The number of ether oxygens (including phenoxy) is 1. The van der Waals surface area contributed by atoms with Crippen molar-refractivity contribution in [2.45, 2.75) is 12.5 Å². The molecule has 0 spiro atoms. The van der Waals surface area contributed by atoms with E-state index in [1.807, 2.05) is 63.4 Å². The van der Waals surface area contributed by atoms with Gasteiger partial charge in [0.25, 0.3) is 5.91 Å². The number of anilines is 1. The van der Waals surface area contributed by atoms with Crippen LogP contribution in [-0.4, -0.2) is 55.8 Å². The minimum Gasteiger partial charge on any atom is -0.506 e. The van der Waals surface area contributed by atoms with Crippen molar-refractivity contribution in [3.05, 3.63) is 54.7 Å². The number of nitrogens with zero attached hydrogens (tertiary/aromatic N) is 2. The summed E-state index contributed by atoms with van der Waals surface area (Å²) in [5, 5.41) is 24.1. The predicted octanol–water partition coefficient (Wildman–Crippen LogP) is 2.42. The lowest BCUT2D eigenvalue weighted by molar-refractivity contribution is -0.122. The maximum Gasteiger partial charge on any atom is 0.251 e. The van der Waals surface area contributed by atoms with Gasteiger partial charge in [-0.1, -0.05) is 0 Å². The lowest BCUT2D eigenvalue weighted by atomic mass is 10.0. The summed E-state index contributed by atoms with van der Waals surface area (Å²) in [4.78, 5) is 27.7. The number of benzene rings is 2. The number of carbonyl (C=O) groups excluding carboxylic acids is 2. The third kappa shape index (κ3) is 6.46. The van der Waals surface area contributed by atoms with E-state index in [1.54, 1.807) is 24.3 Å². The second-order valence-electron chi connectivity index (χ2n) is 7.16. The normalized spacial score (nSPS) is 14.3. The Labute approximate surface area is 213 Å². The monoisotopic (exact) mass is 660 g/mol. The van der Waals surface area contributed by atoms with Gasteiger partial charge in [0, 0.05) is 30.8 Å². The largest absolute Gasteiger partial charge is 0.506 e. The van der Waals surface area contributed by atoms with Crippen LogP contribution >= 0.6 is 45.2 Å². The van der Waals surface area contributed by atoms with Crippen LogP contribution in [0.1, 0.15) is 15.9 Å². The zero-order valence-corrected chi connectivity index (χ0v) is 21.4. The van der Waals surface area contributed by atoms with E-state index in [9.17, 15) is 14.7 Å². The number of carbonyl (C=O) groups is 2. The van der Waals surface area contributed by atoms with Gasteiger partial charge in [-0.3, -0.25) is 9.59 Å². The Bertz CT molecular complexity index is 995. The van der Waals surface area contributed by atoms with Gasteiger partial charge in [0.2, 0.25) is 5.91 Å². The maximum absolute atomic E-state index is 12.9. The number of rotatable bonds is 7. The van der Waals surface area contributed by atoms with Gasteiger partial charge < -0.3 is 25.4 Å². The van der Waals surface area contributed by atoms with Crippen LogP contribution < -0.4 is 15.5 Å². The lowest BCUT2D eigenvalue weighted by Crippen LogP contribution is -2.48. The van der Waals surface area contributed by atoms with Crippen LogP contribution in [0.2, 0.25) is 0 Å². The molecule has 0 aliphatic carbocycles. The smallest absolute Gasteiger partial charge is 0.251 e. The van der Waals surface area contributed by atoms with Gasteiger partial charge in [-0.15, -0.1) is 0 Å². The van der Waals surface area contributed by atoms with Crippen molar-refractivity contribution in [3.63, 3.8) is 0 Å². The molecule has 10 heteroatoms. The molecule has 168 valence electrons. The SMILES string of the molecule is N#CCNC(=O)C(Cc1cc(I)c(O)c(I)c1)NC(=O)c1ccc(N2CCOCC2)cc1. The van der Waals surface area contributed by atoms with E-state index < -0.39 is 11.9 Å². The summed E-state index contributed by atoms with van der Waals surface area (Å²) in [6.07, 6.45) is 0.223. The summed E-state index contributed by atoms with van der Waals surface area (Å²) in [5.41, 5.74) is 2.24. The molecule has 3 N–H and O–H groups in total. The van der Waals surface area contributed by atoms with Crippen molar-refractivity contribution < 1.29 is 19.4 Å². The van der Waals surface area contributed by atoms with Gasteiger partial charge in [0.1, 0.15) is 18.3 Å². The van der Waals surface area contributed by atoms with E-state index in [-0.39, 0.29) is 24.6 Å². The second kappa shape index (κ2) is 11.7. The molecule has 0 bridgehead atoms. The molecular formula is C22H22I2N4O4. The summed E-state index contributed by atoms with van der Waals surface area (Å²) in [6, 6.07) is 11.8. The van der Waals surface area contributed by atoms with E-state index in [1.165, 1.54) is 0 Å². The number of nitriles is 1. The molecule has 2 amide bonds. The number of morpholine rings is 1. The standard InChI is InChI=1S/C22H22I2N4O4/c23-17-11-14(12-18(24)20(17)29)13-19(22(31)26-6-5-25)27-21(30)15-1-3-16(4-2-15)28-7-9-32-10-8-28/h1-4,11-12,19,29H,6-10,13H2,(H,26,31)(H,27,30). The second-order valence-corrected chi connectivity index (χ2v) is 9.48. The Kier molecular flexibility index (Phi) is 8.94. The number of halogens is 2. The zero-order valence-electron chi connectivity index (χ0n) is 17.1. The summed E-state index contributed by atoms with van der Waals surface area (Å²) >= 11 is 4.04. The molecule has 1 atom stereocenters. The number of phenolic OH excluding ortho intramolecular Hbond substituents is 1. The van der Waals surface area contributed by atoms with Gasteiger partial charge in [-0.25, -0.2) is 0 Å². The first-order chi connectivity index (χ1) is 15.4. The van der Waals surface area contributed by atoms with E-state index in [2.05, 4.69) is 15.5 Å². The van der Waals surface area contributed by atoms with Gasteiger partial charge in [-0.05, 0) is 87.1 Å². The van der Waals surface area contributed by atoms with Crippen LogP contribution in [0, 0.1) is 18.5 Å². The molecule has 2 aromatic carbocycles. The summed E-state index contributed by atoms with van der Waals surface area (Å²) in [5.74, 6) is -0.633. The van der Waals surface area contributed by atoms with Crippen molar-refractivity contribution in [3.8, 4) is 11.8 Å². The maximum atomic E-state index is 12.9. The Hall–Kier alpha value is -2.11. The minimum absolute atomic E-state index is 0.149. The summed E-state index contributed by atoms with van der Waals surface area (Å²) in [6.45, 7) is 2.81. The summed E-state index contributed by atoms with van der Waals surface area (Å²) in [7, 11) is 0. The zero-order chi connectivity index (χ0) is 23.1. The van der Waals surface area contributed by atoms with Crippen LogP contribution in [0.3, 0.4) is 0 Å². The van der Waals surface area contributed by atoms with Crippen molar-refractivity contribution in [1.82, 2.24) is 10.6 Å². The molecular weight excluding hydrogens is 638 g/mol. The van der Waals surface area contributed by atoms with Gasteiger partial charge >= 0.3 is 0 Å². The fourth-order valence-corrected chi connectivity index (χ4v) is 5.21. The molecule has 1 heterocycles. The topological polar surface area (TPSA) is 115 Å². The predicted molar refractivity (Wildman–Crippen MR) is 137 cm³/mol. The number of amides is 2. The van der Waals surface area contributed by atoms with Crippen molar-refractivity contribution in [2.24, 2.45) is 0 Å². The molecule has 1 aliphatic rings. The molecule has 0 radical (unpaired) electrons. The van der Waals surface area contributed by atoms with E-state index >= 15 is 0 Å². The molecule has 0 aromatic heterocycles. The first-order valence-corrected chi connectivity index (χ1v) is 12.1. The number of phenols is 1. The number of nitrogens with one attached hydrogen (secondary N) is 2. The minimum atomic E-state index is -0.870. The fourth-order valence-electron chi connectivity index (χ4n) is 3.32. The van der Waals surface area contributed by atoms with Crippen LogP contribution in [0.5, 0.6) is 5.75 Å². The van der Waals surface area contributed by atoms with Crippen LogP contribution in [0.4, 0.5) is 5.69 Å². The van der Waals surface area contributed by atoms with Gasteiger partial charge in [0.05, 0.1) is 26.4 Å². The quantitative estimate of drug-likeness (QED) is 0.311. The lowest BCUT2D eigenvalue weighted by Gasteiger charge is -2.28. The number of aromatic hydroxyl groups is 1. The molecule has 1 unspecified atom stereocenters. The van der Waals surface area contributed by atoms with Crippen molar-refractivity contribution in [1.29, 1.82) is 5.26 Å². The van der Waals surface area contributed by atoms with Gasteiger partial charge in [0.15, 0.2) is 0 Å². The average molecular weight is 660 g/mol. The van der Waals surface area contributed by atoms with E-state index in [4.69, 9.17) is 10.00 Å². The fraction of sp³-hybridized carbons (Fsp3) is 0.318. The molecule has 8 nitrogen and oxygen atoms in total. The number of hydrogen-bond donors (Lipinski definition) is 3. The third-order valence-electron chi connectivity index (χ3n) is 4.99. The Balaban J connectivity index is 1.74. The molecule has 32 heavy (non-hydrogen) atoms. The highest BCUT2D eigenvalue weighted by atomic mass is 127. The Morgan fingerprint density at radius 2 is 1.78 bits per heavy atom. The molecule has 1 aliphatic heterocycles. The van der Waals surface area contributed by atoms with Crippen LogP contribution in [0.15, 0.2) is 36.4 Å². The Morgan fingerprint density at radius 3 is 2.38 bits per heavy atom. The first-order valence-electron chi connectivity index (χ1n) is 9.94. The van der Waals surface area contributed by atoms with Crippen LogP contribution in [0.25, 0.3) is 0 Å². The Morgan fingerprint density at radius 1 is 1.16 bits per heavy atom. The van der Waals surface area contributed by atoms with Crippen molar-refractivity contribution >= 4 is 62.7 Å². The molecule has 1 fully saturated rings. The first kappa shape index (κ1) is 24.5. The molecule has 1 saturated heterocycles. The molecule has 2 aromatic rings. The highest BCUT2D eigenvalue weighted by molar-refractivity contribution is 14.1. The van der Waals surface area contributed by atoms with E-state index in [0.717, 1.165) is 24.3 Å². The molecule has 0 saturated carbocycles. The van der Waals surface area contributed by atoms with Crippen molar-refractivity contribution in [2.75, 3.05) is 37.7 Å². The van der Waals surface area contributed by atoms with Crippen LogP contribution in [-0.2, 0) is 16.0 Å². The van der Waals surface area contributed by atoms with E-state index in [0.29, 0.717) is 25.9 Å². The third-order valence-corrected chi connectivity index (χ3v) is 6.63. The number of hydrogen-bond acceptors (Lipinski definition) is 6. The average Bonchev–Trinajstić information content (AvgIpc) is 2.81. The summed E-state index contributed by atoms with van der Waals surface area (Å²) < 4.78 is 6.68. The van der Waals surface area contributed by atoms with Gasteiger partial charge in [-0.2, -0.15) is 5.26 Å².